The lowest BCUT2D eigenvalue weighted by atomic mass is 9.96. The maximum Gasteiger partial charge on any atom is 0.306 e. The number of likely N-dealkylation sites (tertiary alicyclic amines) is 1. The molecule has 0 amide bonds. The van der Waals surface area contributed by atoms with E-state index in [2.05, 4.69) is 44.4 Å². The Morgan fingerprint density at radius 1 is 1.09 bits per heavy atom. The van der Waals surface area contributed by atoms with Gasteiger partial charge in [0, 0.05) is 55.6 Å². The normalized spacial score (nSPS) is 16.4. The first-order chi connectivity index (χ1) is 21.0. The third-order valence-corrected chi connectivity index (χ3v) is 8.34. The molecule has 0 radical (unpaired) electrons. The molecule has 230 valence electrons. The fourth-order valence-corrected chi connectivity index (χ4v) is 5.92. The molecule has 3 heterocycles. The van der Waals surface area contributed by atoms with Gasteiger partial charge in [-0.3, -0.25) is 9.69 Å². The number of piperidine rings is 1. The minimum absolute atomic E-state index is 0.236. The summed E-state index contributed by atoms with van der Waals surface area (Å²) in [5, 5.41) is 12.9. The highest BCUT2D eigenvalue weighted by atomic mass is 16.5. The van der Waals surface area contributed by atoms with Crippen molar-refractivity contribution in [3.63, 3.8) is 0 Å². The van der Waals surface area contributed by atoms with Crippen LogP contribution in [0.25, 0.3) is 11.3 Å². The van der Waals surface area contributed by atoms with Crippen LogP contribution in [0.5, 0.6) is 5.75 Å². The first-order valence-corrected chi connectivity index (χ1v) is 15.3. The maximum atomic E-state index is 11.5. The molecule has 1 aromatic heterocycles. The van der Waals surface area contributed by atoms with Crippen LogP contribution >= 0.6 is 0 Å². The lowest BCUT2D eigenvalue weighted by Crippen LogP contribution is -2.38. The number of morpholine rings is 1. The summed E-state index contributed by atoms with van der Waals surface area (Å²) < 4.78 is 11.2. The number of anilines is 1. The van der Waals surface area contributed by atoms with Crippen LogP contribution in [0.3, 0.4) is 0 Å². The van der Waals surface area contributed by atoms with Crippen LogP contribution in [0.1, 0.15) is 41.8 Å². The van der Waals surface area contributed by atoms with Crippen molar-refractivity contribution >= 4 is 11.7 Å². The average Bonchev–Trinajstić information content (AvgIpc) is 3.04. The van der Waals surface area contributed by atoms with Crippen LogP contribution in [0.2, 0.25) is 0 Å². The summed E-state index contributed by atoms with van der Waals surface area (Å²) in [5.41, 5.74) is 12.3. The predicted octanol–water partition coefficient (Wildman–Crippen LogP) is 3.31. The molecule has 2 aromatic carbocycles. The zero-order valence-corrected chi connectivity index (χ0v) is 25.1. The third-order valence-electron chi connectivity index (χ3n) is 8.34. The molecule has 0 aliphatic carbocycles. The van der Waals surface area contributed by atoms with Crippen molar-refractivity contribution in [1.29, 1.82) is 0 Å². The van der Waals surface area contributed by atoms with E-state index in [0.29, 0.717) is 32.4 Å². The fourth-order valence-electron chi connectivity index (χ4n) is 5.92. The molecule has 0 spiro atoms. The Labute approximate surface area is 254 Å². The Bertz CT molecular complexity index is 1350. The van der Waals surface area contributed by atoms with Crippen molar-refractivity contribution in [2.24, 2.45) is 11.7 Å². The third kappa shape index (κ3) is 8.29. The molecule has 0 atom stereocenters. The quantitative estimate of drug-likeness (QED) is 0.256. The van der Waals surface area contributed by atoms with Crippen molar-refractivity contribution in [3.05, 3.63) is 71.2 Å². The molecule has 0 bridgehead atoms. The molecule has 4 N–H and O–H groups in total. The number of methoxy groups -OCH3 is 1. The number of hydrogen-bond acceptors (Lipinski definition) is 9. The molecule has 2 aliphatic rings. The second-order valence-electron chi connectivity index (χ2n) is 11.3. The highest BCUT2D eigenvalue weighted by Crippen LogP contribution is 2.29. The van der Waals surface area contributed by atoms with Gasteiger partial charge in [-0.15, -0.1) is 0 Å². The SMILES string of the molecule is COc1ccc(-c2ccnc(Cc3ccc(N4CCOCC4)c(CN4CCC(C(=O)O)CC4)c3)n2)cc1CNCCCN. The Hall–Kier alpha value is -3.57. The van der Waals surface area contributed by atoms with Crippen LogP contribution in [0, 0.1) is 5.92 Å². The summed E-state index contributed by atoms with van der Waals surface area (Å²) in [6, 6.07) is 14.8. The van der Waals surface area contributed by atoms with Crippen molar-refractivity contribution < 1.29 is 19.4 Å². The van der Waals surface area contributed by atoms with Crippen molar-refractivity contribution in [1.82, 2.24) is 20.2 Å². The number of benzene rings is 2. The van der Waals surface area contributed by atoms with E-state index in [1.165, 1.54) is 11.3 Å². The molecule has 2 fully saturated rings. The molecular weight excluding hydrogens is 544 g/mol. The van der Waals surface area contributed by atoms with Gasteiger partial charge in [-0.2, -0.15) is 0 Å². The summed E-state index contributed by atoms with van der Waals surface area (Å²) in [4.78, 5) is 25.8. The molecule has 5 rings (SSSR count). The van der Waals surface area contributed by atoms with E-state index in [-0.39, 0.29) is 5.92 Å². The number of ether oxygens (including phenoxy) is 2. The summed E-state index contributed by atoms with van der Waals surface area (Å²) in [6.07, 6.45) is 4.76. The van der Waals surface area contributed by atoms with Crippen LogP contribution < -0.4 is 20.7 Å². The summed E-state index contributed by atoms with van der Waals surface area (Å²) in [5.74, 6) is 0.699. The second-order valence-corrected chi connectivity index (χ2v) is 11.3. The number of nitrogens with one attached hydrogen (secondary N) is 1. The Kier molecular flexibility index (Phi) is 10.9. The molecule has 3 aromatic rings. The molecule has 0 saturated carbocycles. The van der Waals surface area contributed by atoms with Gasteiger partial charge in [0.2, 0.25) is 0 Å². The minimum Gasteiger partial charge on any atom is -0.496 e. The minimum atomic E-state index is -0.678. The van der Waals surface area contributed by atoms with Crippen LogP contribution in [-0.4, -0.2) is 85.5 Å². The highest BCUT2D eigenvalue weighted by Gasteiger charge is 2.25. The monoisotopic (exact) mass is 588 g/mol. The number of aliphatic carboxylic acids is 1. The molecular formula is C33H44N6O4. The number of carboxylic acid groups (broad SMARTS) is 1. The van der Waals surface area contributed by atoms with Crippen LogP contribution in [0.4, 0.5) is 5.69 Å². The van der Waals surface area contributed by atoms with E-state index < -0.39 is 5.97 Å². The van der Waals surface area contributed by atoms with Gasteiger partial charge in [-0.25, -0.2) is 9.97 Å². The Morgan fingerprint density at radius 2 is 1.91 bits per heavy atom. The number of carboxylic acids is 1. The summed E-state index contributed by atoms with van der Waals surface area (Å²) >= 11 is 0. The van der Waals surface area contributed by atoms with Crippen LogP contribution in [-0.2, 0) is 29.0 Å². The van der Waals surface area contributed by atoms with Crippen molar-refractivity contribution in [2.75, 3.05) is 64.5 Å². The van der Waals surface area contributed by atoms with Gasteiger partial charge in [0.1, 0.15) is 11.6 Å². The number of aromatic nitrogens is 2. The molecule has 10 nitrogen and oxygen atoms in total. The van der Waals surface area contributed by atoms with E-state index in [0.717, 1.165) is 92.9 Å². The van der Waals surface area contributed by atoms with E-state index in [1.807, 2.05) is 24.4 Å². The zero-order chi connectivity index (χ0) is 30.0. The standard InChI is InChI=1S/C33H44N6O4/c1-42-31-6-4-26(21-27(31)22-35-11-2-10-34)29-7-12-36-32(37-29)20-24-3-5-30(39-15-17-43-18-16-39)28(19-24)23-38-13-8-25(9-14-38)33(40)41/h3-7,12,19,21,25,35H,2,8-11,13-18,20,22-23,34H2,1H3,(H,40,41). The maximum absolute atomic E-state index is 11.5. The van der Waals surface area contributed by atoms with Gasteiger partial charge in [-0.1, -0.05) is 12.1 Å². The van der Waals surface area contributed by atoms with Gasteiger partial charge in [0.05, 0.1) is 31.9 Å². The molecule has 2 saturated heterocycles. The Morgan fingerprint density at radius 3 is 2.65 bits per heavy atom. The van der Waals surface area contributed by atoms with Gasteiger partial charge in [0.15, 0.2) is 0 Å². The number of carbonyl (C=O) groups is 1. The first-order valence-electron chi connectivity index (χ1n) is 15.3. The van der Waals surface area contributed by atoms with Gasteiger partial charge in [-0.05, 0) is 86.9 Å². The van der Waals surface area contributed by atoms with E-state index >= 15 is 0 Å². The highest BCUT2D eigenvalue weighted by molar-refractivity contribution is 5.70. The predicted molar refractivity (Wildman–Crippen MR) is 167 cm³/mol. The largest absolute Gasteiger partial charge is 0.496 e. The smallest absolute Gasteiger partial charge is 0.306 e. The lowest BCUT2D eigenvalue weighted by molar-refractivity contribution is -0.143. The van der Waals surface area contributed by atoms with Gasteiger partial charge >= 0.3 is 5.97 Å². The lowest BCUT2D eigenvalue weighted by Gasteiger charge is -2.34. The Balaban J connectivity index is 1.34. The topological polar surface area (TPSA) is 126 Å². The van der Waals surface area contributed by atoms with Crippen molar-refractivity contribution in [3.8, 4) is 17.0 Å². The number of nitrogens with zero attached hydrogens (tertiary/aromatic N) is 4. The number of rotatable bonds is 13. The zero-order valence-electron chi connectivity index (χ0n) is 25.1. The molecule has 0 unspecified atom stereocenters. The molecule has 2 aliphatic heterocycles. The molecule has 43 heavy (non-hydrogen) atoms. The van der Waals surface area contributed by atoms with E-state index in [1.54, 1.807) is 7.11 Å². The fraction of sp³-hybridized carbons (Fsp3) is 0.485. The summed E-state index contributed by atoms with van der Waals surface area (Å²) in [7, 11) is 1.69. The van der Waals surface area contributed by atoms with Crippen molar-refractivity contribution in [2.45, 2.75) is 38.8 Å². The second kappa shape index (κ2) is 15.2. The van der Waals surface area contributed by atoms with E-state index in [4.69, 9.17) is 20.2 Å². The first kappa shape index (κ1) is 30.9. The number of hydrogen-bond donors (Lipinski definition) is 3. The summed E-state index contributed by atoms with van der Waals surface area (Å²) in [6.45, 7) is 7.78. The molecule has 10 heteroatoms. The van der Waals surface area contributed by atoms with Gasteiger partial charge in [0.25, 0.3) is 0 Å². The van der Waals surface area contributed by atoms with Gasteiger partial charge < -0.3 is 30.5 Å². The van der Waals surface area contributed by atoms with E-state index in [9.17, 15) is 9.90 Å². The number of nitrogens with two attached hydrogens (primary N) is 1. The average molecular weight is 589 g/mol. The van der Waals surface area contributed by atoms with Crippen LogP contribution in [0.15, 0.2) is 48.7 Å².